The van der Waals surface area contributed by atoms with Crippen LogP contribution in [0.2, 0.25) is 0 Å². The first-order chi connectivity index (χ1) is 8.63. The molecule has 0 fully saturated rings. The Hall–Kier alpha value is -1.35. The van der Waals surface area contributed by atoms with Gasteiger partial charge in [-0.05, 0) is 5.56 Å². The molecule has 0 radical (unpaired) electrons. The molecule has 3 heteroatoms. The van der Waals surface area contributed by atoms with Crippen molar-refractivity contribution in [3.63, 3.8) is 0 Å². The van der Waals surface area contributed by atoms with Gasteiger partial charge in [-0.15, -0.1) is 0 Å². The summed E-state index contributed by atoms with van der Waals surface area (Å²) in [4.78, 5) is 11.4. The lowest BCUT2D eigenvalue weighted by Crippen LogP contribution is -2.25. The first kappa shape index (κ1) is 16.6. The molecule has 1 aromatic carbocycles. The quantitative estimate of drug-likeness (QED) is 0.595. The minimum Gasteiger partial charge on any atom is -0.435 e. The Balaban J connectivity index is 0.00000137. The second-order valence-electron chi connectivity index (χ2n) is 3.95. The second-order valence-corrected chi connectivity index (χ2v) is 3.95. The number of esters is 1. The van der Waals surface area contributed by atoms with Crippen molar-refractivity contribution in [2.24, 2.45) is 5.92 Å². The maximum Gasteiger partial charge on any atom is 0.310 e. The van der Waals surface area contributed by atoms with Crippen LogP contribution < -0.4 is 0 Å². The lowest BCUT2D eigenvalue weighted by Gasteiger charge is -2.17. The van der Waals surface area contributed by atoms with Crippen LogP contribution in [0, 0.1) is 5.92 Å². The summed E-state index contributed by atoms with van der Waals surface area (Å²) in [5, 5.41) is 0. The molecule has 1 unspecified atom stereocenters. The zero-order valence-electron chi connectivity index (χ0n) is 12.0. The zero-order valence-corrected chi connectivity index (χ0v) is 12.0. The van der Waals surface area contributed by atoms with Gasteiger partial charge in [-0.1, -0.05) is 58.0 Å². The van der Waals surface area contributed by atoms with Crippen molar-refractivity contribution in [2.45, 2.75) is 40.4 Å². The fraction of sp³-hybridized carbons (Fsp3) is 0.533. The van der Waals surface area contributed by atoms with Crippen LogP contribution in [0.3, 0.4) is 0 Å². The van der Waals surface area contributed by atoms with Gasteiger partial charge in [0.15, 0.2) is 0 Å². The fourth-order valence-electron chi connectivity index (χ4n) is 1.25. The maximum absolute atomic E-state index is 11.4. The second kappa shape index (κ2) is 9.66. The van der Waals surface area contributed by atoms with Crippen molar-refractivity contribution in [3.8, 4) is 0 Å². The Morgan fingerprint density at radius 3 is 2.17 bits per heavy atom. The van der Waals surface area contributed by atoms with E-state index in [1.54, 1.807) is 21.0 Å². The van der Waals surface area contributed by atoms with Gasteiger partial charge in [0.1, 0.15) is 0 Å². The molecule has 0 spiro atoms. The SMILES string of the molecule is CC.COC(Cc1ccccc1)OC(=O)C(C)C. The van der Waals surface area contributed by atoms with Gasteiger partial charge in [0.2, 0.25) is 6.29 Å². The van der Waals surface area contributed by atoms with E-state index in [9.17, 15) is 4.79 Å². The average molecular weight is 252 g/mol. The van der Waals surface area contributed by atoms with Crippen molar-refractivity contribution >= 4 is 5.97 Å². The lowest BCUT2D eigenvalue weighted by atomic mass is 10.1. The molecule has 3 nitrogen and oxygen atoms in total. The molecule has 1 aromatic rings. The molecule has 0 saturated heterocycles. The number of benzene rings is 1. The summed E-state index contributed by atoms with van der Waals surface area (Å²) in [7, 11) is 1.54. The summed E-state index contributed by atoms with van der Waals surface area (Å²) in [5.74, 6) is -0.365. The molecule has 0 amide bonds. The van der Waals surface area contributed by atoms with Crippen molar-refractivity contribution in [1.29, 1.82) is 0 Å². The number of hydrogen-bond donors (Lipinski definition) is 0. The third-order valence-electron chi connectivity index (χ3n) is 2.23. The summed E-state index contributed by atoms with van der Waals surface area (Å²) < 4.78 is 10.3. The molecule has 0 aliphatic carbocycles. The number of rotatable bonds is 5. The van der Waals surface area contributed by atoms with Crippen molar-refractivity contribution in [2.75, 3.05) is 7.11 Å². The number of carbonyl (C=O) groups excluding carboxylic acids is 1. The summed E-state index contributed by atoms with van der Waals surface area (Å²) >= 11 is 0. The van der Waals surface area contributed by atoms with Crippen LogP contribution >= 0.6 is 0 Å². The van der Waals surface area contributed by atoms with E-state index in [4.69, 9.17) is 9.47 Å². The van der Waals surface area contributed by atoms with E-state index in [2.05, 4.69) is 0 Å². The minimum absolute atomic E-state index is 0.131. The van der Waals surface area contributed by atoms with Crippen molar-refractivity contribution in [3.05, 3.63) is 35.9 Å². The van der Waals surface area contributed by atoms with E-state index in [0.717, 1.165) is 5.56 Å². The van der Waals surface area contributed by atoms with Crippen molar-refractivity contribution in [1.82, 2.24) is 0 Å². The molecule has 1 rings (SSSR count). The third-order valence-corrected chi connectivity index (χ3v) is 2.23. The van der Waals surface area contributed by atoms with Crippen molar-refractivity contribution < 1.29 is 14.3 Å². The monoisotopic (exact) mass is 252 g/mol. The van der Waals surface area contributed by atoms with Gasteiger partial charge in [0.25, 0.3) is 0 Å². The van der Waals surface area contributed by atoms with Gasteiger partial charge in [-0.25, -0.2) is 0 Å². The standard InChI is InChI=1S/C13H18O3.C2H6/c1-10(2)13(14)16-12(15-3)9-11-7-5-4-6-8-11;1-2/h4-8,10,12H,9H2,1-3H3;1-2H3. The summed E-state index contributed by atoms with van der Waals surface area (Å²) in [6, 6.07) is 9.81. The molecule has 0 heterocycles. The van der Waals surface area contributed by atoms with Crippen LogP contribution in [-0.2, 0) is 20.7 Å². The van der Waals surface area contributed by atoms with Gasteiger partial charge in [0.05, 0.1) is 5.92 Å². The number of ether oxygens (including phenoxy) is 2. The highest BCUT2D eigenvalue weighted by molar-refractivity contribution is 5.71. The summed E-state index contributed by atoms with van der Waals surface area (Å²) in [6.45, 7) is 7.61. The van der Waals surface area contributed by atoms with E-state index in [0.29, 0.717) is 6.42 Å². The Labute approximate surface area is 110 Å². The Kier molecular flexibility index (Phi) is 8.93. The largest absolute Gasteiger partial charge is 0.435 e. The molecule has 0 N–H and O–H groups in total. The Bertz CT molecular complexity index is 320. The molecule has 0 aromatic heterocycles. The predicted molar refractivity (Wildman–Crippen MR) is 73.2 cm³/mol. The van der Waals surface area contributed by atoms with Gasteiger partial charge in [0, 0.05) is 13.5 Å². The number of carbonyl (C=O) groups is 1. The van der Waals surface area contributed by atoms with E-state index in [1.807, 2.05) is 44.2 Å². The molecular weight excluding hydrogens is 228 g/mol. The molecule has 102 valence electrons. The third kappa shape index (κ3) is 6.40. The van der Waals surface area contributed by atoms with Gasteiger partial charge in [-0.2, -0.15) is 0 Å². The summed E-state index contributed by atoms with van der Waals surface area (Å²) in [5.41, 5.74) is 1.09. The van der Waals surface area contributed by atoms with Crippen LogP contribution in [0.15, 0.2) is 30.3 Å². The minimum atomic E-state index is -0.502. The Morgan fingerprint density at radius 1 is 1.17 bits per heavy atom. The number of methoxy groups -OCH3 is 1. The highest BCUT2D eigenvalue weighted by atomic mass is 16.7. The van der Waals surface area contributed by atoms with Gasteiger partial charge < -0.3 is 9.47 Å². The lowest BCUT2D eigenvalue weighted by molar-refractivity contribution is -0.176. The highest BCUT2D eigenvalue weighted by Gasteiger charge is 2.16. The molecule has 18 heavy (non-hydrogen) atoms. The Morgan fingerprint density at radius 2 is 1.72 bits per heavy atom. The van der Waals surface area contributed by atoms with E-state index in [-0.39, 0.29) is 11.9 Å². The fourth-order valence-corrected chi connectivity index (χ4v) is 1.25. The first-order valence-electron chi connectivity index (χ1n) is 6.40. The van der Waals surface area contributed by atoms with Crippen LogP contribution in [0.1, 0.15) is 33.3 Å². The molecule has 1 atom stereocenters. The average Bonchev–Trinajstić information content (AvgIpc) is 2.41. The number of hydrogen-bond acceptors (Lipinski definition) is 3. The molecular formula is C15H24O3. The van der Waals surface area contributed by atoms with E-state index in [1.165, 1.54) is 0 Å². The topological polar surface area (TPSA) is 35.5 Å². The van der Waals surface area contributed by atoms with Gasteiger partial charge >= 0.3 is 5.97 Å². The highest BCUT2D eigenvalue weighted by Crippen LogP contribution is 2.09. The first-order valence-corrected chi connectivity index (χ1v) is 6.40. The van der Waals surface area contributed by atoms with Crippen LogP contribution in [0.5, 0.6) is 0 Å². The van der Waals surface area contributed by atoms with E-state index < -0.39 is 6.29 Å². The smallest absolute Gasteiger partial charge is 0.310 e. The van der Waals surface area contributed by atoms with Gasteiger partial charge in [-0.3, -0.25) is 4.79 Å². The summed E-state index contributed by atoms with van der Waals surface area (Å²) in [6.07, 6.45) is 0.0767. The molecule has 0 saturated carbocycles. The van der Waals surface area contributed by atoms with Crippen LogP contribution in [0.25, 0.3) is 0 Å². The molecule has 0 bridgehead atoms. The predicted octanol–water partition coefficient (Wildman–Crippen LogP) is 3.43. The van der Waals surface area contributed by atoms with Crippen LogP contribution in [-0.4, -0.2) is 19.4 Å². The van der Waals surface area contributed by atoms with E-state index >= 15 is 0 Å². The molecule has 0 aliphatic heterocycles. The molecule has 0 aliphatic rings. The zero-order chi connectivity index (χ0) is 14.0. The normalized spacial score (nSPS) is 11.4. The van der Waals surface area contributed by atoms with Crippen LogP contribution in [0.4, 0.5) is 0 Å². The maximum atomic E-state index is 11.4.